The fraction of sp³-hybridized carbons (Fsp3) is 0.133. The molecular formula is C15H13FN2O4S. The van der Waals surface area contributed by atoms with Crippen LogP contribution >= 0.6 is 11.3 Å². The number of amides is 1. The molecule has 23 heavy (non-hydrogen) atoms. The molecule has 0 bridgehead atoms. The Bertz CT molecular complexity index is 758. The summed E-state index contributed by atoms with van der Waals surface area (Å²) < 4.78 is 22.9. The molecule has 0 spiro atoms. The average Bonchev–Trinajstić information content (AvgIpc) is 3.00. The number of benzene rings is 1. The fourth-order valence-electron chi connectivity index (χ4n) is 1.63. The summed E-state index contributed by atoms with van der Waals surface area (Å²) in [5, 5.41) is 2.77. The normalized spacial score (nSPS) is 10.6. The van der Waals surface area contributed by atoms with Crippen molar-refractivity contribution in [3.05, 3.63) is 46.7 Å². The summed E-state index contributed by atoms with van der Waals surface area (Å²) in [5.41, 5.74) is 0.507. The van der Waals surface area contributed by atoms with Crippen molar-refractivity contribution in [2.45, 2.75) is 0 Å². The molecule has 1 amide bonds. The number of nitrogens with zero attached hydrogens (tertiary/aromatic N) is 1. The fourth-order valence-corrected chi connectivity index (χ4v) is 2.37. The van der Waals surface area contributed by atoms with Crippen molar-refractivity contribution in [3.8, 4) is 5.75 Å². The van der Waals surface area contributed by atoms with E-state index in [1.54, 1.807) is 6.07 Å². The van der Waals surface area contributed by atoms with Crippen LogP contribution in [-0.2, 0) is 9.53 Å². The van der Waals surface area contributed by atoms with Crippen LogP contribution < -0.4 is 10.1 Å². The van der Waals surface area contributed by atoms with Gasteiger partial charge in [0, 0.05) is 6.08 Å². The third-order valence-electron chi connectivity index (χ3n) is 2.73. The summed E-state index contributed by atoms with van der Waals surface area (Å²) in [7, 11) is 2.63. The first kappa shape index (κ1) is 16.6. The van der Waals surface area contributed by atoms with Gasteiger partial charge in [-0.15, -0.1) is 0 Å². The number of esters is 1. The molecule has 2 aromatic rings. The van der Waals surface area contributed by atoms with Crippen molar-refractivity contribution in [2.24, 2.45) is 0 Å². The first-order valence-electron chi connectivity index (χ1n) is 6.40. The highest BCUT2D eigenvalue weighted by Gasteiger charge is 2.11. The molecule has 0 aliphatic carbocycles. The van der Waals surface area contributed by atoms with Crippen LogP contribution in [0.1, 0.15) is 15.2 Å². The van der Waals surface area contributed by atoms with Gasteiger partial charge in [-0.05, 0) is 23.8 Å². The Balaban J connectivity index is 2.00. The number of aromatic nitrogens is 1. The third-order valence-corrected chi connectivity index (χ3v) is 3.62. The van der Waals surface area contributed by atoms with E-state index in [9.17, 15) is 14.0 Å². The van der Waals surface area contributed by atoms with Gasteiger partial charge in [0.25, 0.3) is 0 Å². The molecule has 1 aromatic heterocycles. The number of halogens is 1. The molecule has 0 aliphatic heterocycles. The van der Waals surface area contributed by atoms with E-state index in [1.165, 1.54) is 44.7 Å². The number of hydrogen-bond acceptors (Lipinski definition) is 6. The lowest BCUT2D eigenvalue weighted by atomic mass is 10.2. The van der Waals surface area contributed by atoms with Gasteiger partial charge in [0.05, 0.1) is 20.4 Å². The van der Waals surface area contributed by atoms with Crippen LogP contribution in [0.5, 0.6) is 5.75 Å². The predicted molar refractivity (Wildman–Crippen MR) is 84.1 cm³/mol. The molecule has 8 heteroatoms. The lowest BCUT2D eigenvalue weighted by Gasteiger charge is -2.01. The van der Waals surface area contributed by atoms with E-state index in [4.69, 9.17) is 4.74 Å². The number of anilines is 1. The van der Waals surface area contributed by atoms with Crippen molar-refractivity contribution in [1.82, 2.24) is 4.98 Å². The number of nitrogens with one attached hydrogen (secondary N) is 1. The van der Waals surface area contributed by atoms with E-state index in [-0.39, 0.29) is 15.8 Å². The second-order valence-corrected chi connectivity index (χ2v) is 5.27. The number of hydrogen-bond donors (Lipinski definition) is 1. The molecule has 0 aliphatic rings. The largest absolute Gasteiger partial charge is 0.494 e. The van der Waals surface area contributed by atoms with E-state index < -0.39 is 17.7 Å². The topological polar surface area (TPSA) is 77.5 Å². The first-order chi connectivity index (χ1) is 11.0. The van der Waals surface area contributed by atoms with E-state index in [1.807, 2.05) is 0 Å². The molecule has 1 N–H and O–H groups in total. The summed E-state index contributed by atoms with van der Waals surface area (Å²) in [6, 6.07) is 4.34. The van der Waals surface area contributed by atoms with Crippen LogP contribution in [0.4, 0.5) is 9.52 Å². The zero-order valence-electron chi connectivity index (χ0n) is 12.3. The second kappa shape index (κ2) is 7.50. The van der Waals surface area contributed by atoms with Crippen LogP contribution in [0.2, 0.25) is 0 Å². The van der Waals surface area contributed by atoms with Gasteiger partial charge in [-0.25, -0.2) is 14.2 Å². The molecule has 1 heterocycles. The molecule has 120 valence electrons. The van der Waals surface area contributed by atoms with Gasteiger partial charge in [0.15, 0.2) is 16.7 Å². The molecule has 0 unspecified atom stereocenters. The quantitative estimate of drug-likeness (QED) is 0.671. The summed E-state index contributed by atoms with van der Waals surface area (Å²) in [5.74, 6) is -1.36. The molecule has 0 saturated heterocycles. The lowest BCUT2D eigenvalue weighted by Crippen LogP contribution is -2.07. The van der Waals surface area contributed by atoms with Gasteiger partial charge in [0.2, 0.25) is 5.91 Å². The van der Waals surface area contributed by atoms with Gasteiger partial charge in [-0.3, -0.25) is 10.1 Å². The molecule has 0 radical (unpaired) electrons. The standard InChI is InChI=1S/C15H13FN2O4S/c1-21-11-5-3-9(7-10(11)16)4-6-13(19)18-15-17-8-12(23-15)14(20)22-2/h3-8H,1-2H3,(H,17,18,19)/b6-4+. The Morgan fingerprint density at radius 1 is 1.35 bits per heavy atom. The highest BCUT2D eigenvalue weighted by molar-refractivity contribution is 7.17. The van der Waals surface area contributed by atoms with Crippen molar-refractivity contribution in [1.29, 1.82) is 0 Å². The van der Waals surface area contributed by atoms with Crippen LogP contribution in [0.15, 0.2) is 30.5 Å². The van der Waals surface area contributed by atoms with Gasteiger partial charge >= 0.3 is 5.97 Å². The molecule has 1 aromatic carbocycles. The maximum atomic E-state index is 13.5. The van der Waals surface area contributed by atoms with Gasteiger partial charge in [-0.2, -0.15) is 0 Å². The van der Waals surface area contributed by atoms with Gasteiger partial charge in [-0.1, -0.05) is 17.4 Å². The molecule has 0 atom stereocenters. The molecule has 0 saturated carbocycles. The van der Waals surface area contributed by atoms with Crippen LogP contribution in [0, 0.1) is 5.82 Å². The Kier molecular flexibility index (Phi) is 5.42. The third kappa shape index (κ3) is 4.36. The van der Waals surface area contributed by atoms with Crippen molar-refractivity contribution >= 4 is 34.4 Å². The SMILES string of the molecule is COC(=O)c1cnc(NC(=O)/C=C/c2ccc(OC)c(F)c2)s1. The van der Waals surface area contributed by atoms with Crippen molar-refractivity contribution in [3.63, 3.8) is 0 Å². The Morgan fingerprint density at radius 3 is 2.78 bits per heavy atom. The number of ether oxygens (including phenoxy) is 2. The zero-order chi connectivity index (χ0) is 16.8. The summed E-state index contributed by atoms with van der Waals surface area (Å²) in [6.07, 6.45) is 4.00. The minimum absolute atomic E-state index is 0.129. The first-order valence-corrected chi connectivity index (χ1v) is 7.22. The minimum atomic E-state index is -0.521. The number of methoxy groups -OCH3 is 2. The van der Waals surface area contributed by atoms with Crippen LogP contribution in [-0.4, -0.2) is 31.1 Å². The maximum Gasteiger partial charge on any atom is 0.349 e. The maximum absolute atomic E-state index is 13.5. The summed E-state index contributed by atoms with van der Waals surface area (Å²) >= 11 is 0.995. The van der Waals surface area contributed by atoms with Crippen LogP contribution in [0.3, 0.4) is 0 Å². The van der Waals surface area contributed by atoms with Crippen molar-refractivity contribution in [2.75, 3.05) is 19.5 Å². The predicted octanol–water partition coefficient (Wildman–Crippen LogP) is 2.73. The van der Waals surface area contributed by atoms with Crippen molar-refractivity contribution < 1.29 is 23.5 Å². The monoisotopic (exact) mass is 336 g/mol. The lowest BCUT2D eigenvalue weighted by molar-refractivity contribution is -0.111. The second-order valence-electron chi connectivity index (χ2n) is 4.24. The van der Waals surface area contributed by atoms with Crippen LogP contribution in [0.25, 0.3) is 6.08 Å². The Hall–Kier alpha value is -2.74. The smallest absolute Gasteiger partial charge is 0.349 e. The highest BCUT2D eigenvalue weighted by atomic mass is 32.1. The van der Waals surface area contributed by atoms with E-state index in [0.29, 0.717) is 5.56 Å². The Labute approximate surface area is 135 Å². The summed E-state index contributed by atoms with van der Waals surface area (Å²) in [6.45, 7) is 0. The average molecular weight is 336 g/mol. The minimum Gasteiger partial charge on any atom is -0.494 e. The number of carbonyl (C=O) groups excluding carboxylic acids is 2. The molecule has 0 fully saturated rings. The molecular weight excluding hydrogens is 323 g/mol. The zero-order valence-corrected chi connectivity index (χ0v) is 13.1. The highest BCUT2D eigenvalue weighted by Crippen LogP contribution is 2.20. The summed E-state index contributed by atoms with van der Waals surface area (Å²) in [4.78, 5) is 27.2. The van der Waals surface area contributed by atoms with E-state index in [0.717, 1.165) is 11.3 Å². The molecule has 2 rings (SSSR count). The number of rotatable bonds is 5. The van der Waals surface area contributed by atoms with E-state index >= 15 is 0 Å². The van der Waals surface area contributed by atoms with Gasteiger partial charge in [0.1, 0.15) is 4.88 Å². The van der Waals surface area contributed by atoms with E-state index in [2.05, 4.69) is 15.0 Å². The number of thiazole rings is 1. The molecule has 6 nitrogen and oxygen atoms in total. The van der Waals surface area contributed by atoms with Gasteiger partial charge < -0.3 is 9.47 Å². The Morgan fingerprint density at radius 2 is 2.13 bits per heavy atom. The number of carbonyl (C=O) groups is 2.